The summed E-state index contributed by atoms with van der Waals surface area (Å²) in [6.45, 7) is 0.831. The molecule has 0 spiro atoms. The number of nitro benzene ring substituents is 1. The molecular weight excluding hydrogens is 292 g/mol. The molecule has 1 N–H and O–H groups in total. The predicted octanol–water partition coefficient (Wildman–Crippen LogP) is 3.55. The lowest BCUT2D eigenvalue weighted by molar-refractivity contribution is -0.385. The lowest BCUT2D eigenvalue weighted by atomic mass is 10.2. The van der Waals surface area contributed by atoms with Crippen molar-refractivity contribution in [1.82, 2.24) is 5.32 Å². The number of benzene rings is 2. The third-order valence-electron chi connectivity index (χ3n) is 2.98. The number of rotatable bonds is 6. The molecule has 0 atom stereocenters. The fourth-order valence-corrected chi connectivity index (χ4v) is 2.15. The van der Waals surface area contributed by atoms with Crippen LogP contribution in [0, 0.1) is 10.1 Å². The van der Waals surface area contributed by atoms with Gasteiger partial charge in [-0.05, 0) is 30.8 Å². The second kappa shape index (κ2) is 7.06. The molecule has 110 valence electrons. The average molecular weight is 307 g/mol. The molecule has 0 unspecified atom stereocenters. The molecule has 0 aliphatic carbocycles. The number of nitrogens with zero attached hydrogens (tertiary/aromatic N) is 1. The number of hydrogen-bond donors (Lipinski definition) is 1. The maximum absolute atomic E-state index is 11.0. The van der Waals surface area contributed by atoms with Crippen LogP contribution in [-0.2, 0) is 13.2 Å². The smallest absolute Gasteiger partial charge is 0.277 e. The second-order valence-electron chi connectivity index (χ2n) is 4.46. The molecule has 0 aromatic heterocycles. The van der Waals surface area contributed by atoms with E-state index in [4.69, 9.17) is 16.3 Å². The summed E-state index contributed by atoms with van der Waals surface area (Å²) in [5.74, 6) is 0.643. The van der Waals surface area contributed by atoms with Crippen molar-refractivity contribution < 1.29 is 9.66 Å². The van der Waals surface area contributed by atoms with Gasteiger partial charge in [0, 0.05) is 12.6 Å². The van der Waals surface area contributed by atoms with Crippen LogP contribution in [0.2, 0.25) is 5.02 Å². The van der Waals surface area contributed by atoms with Gasteiger partial charge >= 0.3 is 0 Å². The van der Waals surface area contributed by atoms with Gasteiger partial charge in [0.05, 0.1) is 15.5 Å². The lowest BCUT2D eigenvalue weighted by Crippen LogP contribution is -2.05. The Morgan fingerprint density at radius 2 is 1.95 bits per heavy atom. The van der Waals surface area contributed by atoms with Crippen LogP contribution in [0.25, 0.3) is 0 Å². The maximum Gasteiger partial charge on any atom is 0.277 e. The van der Waals surface area contributed by atoms with Crippen LogP contribution in [-0.4, -0.2) is 12.0 Å². The molecule has 2 aromatic rings. The van der Waals surface area contributed by atoms with E-state index in [0.29, 0.717) is 16.3 Å². The summed E-state index contributed by atoms with van der Waals surface area (Å²) in [5, 5.41) is 14.4. The molecule has 0 bridgehead atoms. The van der Waals surface area contributed by atoms with E-state index >= 15 is 0 Å². The van der Waals surface area contributed by atoms with Gasteiger partial charge in [0.1, 0.15) is 12.4 Å². The van der Waals surface area contributed by atoms with E-state index in [-0.39, 0.29) is 12.3 Å². The number of nitro groups is 1. The van der Waals surface area contributed by atoms with Gasteiger partial charge in [-0.1, -0.05) is 29.8 Å². The summed E-state index contributed by atoms with van der Waals surface area (Å²) >= 11 is 6.01. The number of hydrogen-bond acceptors (Lipinski definition) is 4. The largest absolute Gasteiger partial charge is 0.489 e. The summed E-state index contributed by atoms with van der Waals surface area (Å²) < 4.78 is 5.59. The fourth-order valence-electron chi connectivity index (χ4n) is 1.92. The van der Waals surface area contributed by atoms with Crippen molar-refractivity contribution in [1.29, 1.82) is 0 Å². The van der Waals surface area contributed by atoms with Gasteiger partial charge in [0.2, 0.25) is 0 Å². The molecule has 0 heterocycles. The van der Waals surface area contributed by atoms with E-state index in [1.807, 2.05) is 31.3 Å². The van der Waals surface area contributed by atoms with Gasteiger partial charge < -0.3 is 10.1 Å². The summed E-state index contributed by atoms with van der Waals surface area (Å²) in [5.41, 5.74) is 1.48. The zero-order valence-corrected chi connectivity index (χ0v) is 12.3. The Balaban J connectivity index is 2.11. The van der Waals surface area contributed by atoms with Gasteiger partial charge in [-0.3, -0.25) is 10.1 Å². The molecule has 0 amide bonds. The van der Waals surface area contributed by atoms with Gasteiger partial charge in [0.15, 0.2) is 0 Å². The summed E-state index contributed by atoms with van der Waals surface area (Å²) in [6.07, 6.45) is 0. The molecule has 2 rings (SSSR count). The Hall–Kier alpha value is -2.11. The third kappa shape index (κ3) is 3.93. The van der Waals surface area contributed by atoms with Gasteiger partial charge in [-0.15, -0.1) is 0 Å². The first-order valence-electron chi connectivity index (χ1n) is 6.40. The topological polar surface area (TPSA) is 64.4 Å². The van der Waals surface area contributed by atoms with Crippen LogP contribution < -0.4 is 10.1 Å². The Labute approximate surface area is 127 Å². The minimum atomic E-state index is -0.458. The van der Waals surface area contributed by atoms with Crippen molar-refractivity contribution in [3.8, 4) is 5.75 Å². The van der Waals surface area contributed by atoms with E-state index in [9.17, 15) is 10.1 Å². The highest BCUT2D eigenvalue weighted by atomic mass is 35.5. The molecule has 0 fully saturated rings. The van der Waals surface area contributed by atoms with Crippen molar-refractivity contribution in [2.45, 2.75) is 13.2 Å². The molecule has 0 saturated carbocycles. The minimum Gasteiger partial charge on any atom is -0.489 e. The molecule has 0 aliphatic rings. The quantitative estimate of drug-likeness (QED) is 0.655. The van der Waals surface area contributed by atoms with E-state index in [1.165, 1.54) is 6.07 Å². The number of ether oxygens (including phenoxy) is 1. The van der Waals surface area contributed by atoms with E-state index in [1.54, 1.807) is 12.1 Å². The Kier molecular flexibility index (Phi) is 5.14. The predicted molar refractivity (Wildman–Crippen MR) is 81.6 cm³/mol. The highest BCUT2D eigenvalue weighted by Crippen LogP contribution is 2.27. The van der Waals surface area contributed by atoms with Crippen molar-refractivity contribution >= 4 is 17.3 Å². The normalized spacial score (nSPS) is 10.4. The van der Waals surface area contributed by atoms with Crippen molar-refractivity contribution in [3.63, 3.8) is 0 Å². The molecule has 2 aromatic carbocycles. The van der Waals surface area contributed by atoms with Crippen molar-refractivity contribution in [3.05, 3.63) is 68.7 Å². The van der Waals surface area contributed by atoms with Crippen molar-refractivity contribution in [2.75, 3.05) is 7.05 Å². The molecule has 0 radical (unpaired) electrons. The first kappa shape index (κ1) is 15.3. The monoisotopic (exact) mass is 306 g/mol. The molecule has 0 aliphatic heterocycles. The Morgan fingerprint density at radius 1 is 1.24 bits per heavy atom. The second-order valence-corrected chi connectivity index (χ2v) is 4.86. The Morgan fingerprint density at radius 3 is 2.57 bits per heavy atom. The summed E-state index contributed by atoms with van der Waals surface area (Å²) in [7, 11) is 1.88. The number of nitrogens with one attached hydrogen (secondary N) is 1. The van der Waals surface area contributed by atoms with Crippen molar-refractivity contribution in [2.24, 2.45) is 0 Å². The van der Waals surface area contributed by atoms with Crippen LogP contribution in [0.3, 0.4) is 0 Å². The highest BCUT2D eigenvalue weighted by Gasteiger charge is 2.16. The van der Waals surface area contributed by atoms with Crippen LogP contribution >= 0.6 is 11.6 Å². The van der Waals surface area contributed by atoms with E-state index in [2.05, 4.69) is 5.32 Å². The van der Waals surface area contributed by atoms with Gasteiger partial charge in [0.25, 0.3) is 5.69 Å². The summed E-state index contributed by atoms with van der Waals surface area (Å²) in [4.78, 5) is 10.5. The number of halogens is 1. The molecular formula is C15H15ClN2O3. The van der Waals surface area contributed by atoms with E-state index in [0.717, 1.165) is 12.1 Å². The first-order chi connectivity index (χ1) is 10.1. The summed E-state index contributed by atoms with van der Waals surface area (Å²) in [6, 6.07) is 12.1. The third-order valence-corrected chi connectivity index (χ3v) is 3.33. The van der Waals surface area contributed by atoms with Crippen LogP contribution in [0.4, 0.5) is 5.69 Å². The lowest BCUT2D eigenvalue weighted by Gasteiger charge is -2.09. The molecule has 0 saturated heterocycles. The van der Waals surface area contributed by atoms with Crippen LogP contribution in [0.1, 0.15) is 11.1 Å². The fraction of sp³-hybridized carbons (Fsp3) is 0.200. The molecule has 5 nitrogen and oxygen atoms in total. The zero-order chi connectivity index (χ0) is 15.2. The standard InChI is InChI=1S/C15H15ClN2O3/c1-17-9-11-5-7-12(8-6-11)21-10-13-14(16)3-2-4-15(13)18(19)20/h2-8,17H,9-10H2,1H3. The van der Waals surface area contributed by atoms with Gasteiger partial charge in [-0.25, -0.2) is 0 Å². The SMILES string of the molecule is CNCc1ccc(OCc2c(Cl)cccc2[N+](=O)[O-])cc1. The first-order valence-corrected chi connectivity index (χ1v) is 6.77. The van der Waals surface area contributed by atoms with Crippen LogP contribution in [0.5, 0.6) is 5.75 Å². The van der Waals surface area contributed by atoms with E-state index < -0.39 is 4.92 Å². The minimum absolute atomic E-state index is 0.0331. The average Bonchev–Trinajstić information content (AvgIpc) is 2.47. The zero-order valence-electron chi connectivity index (χ0n) is 11.5. The highest BCUT2D eigenvalue weighted by molar-refractivity contribution is 6.31. The molecule has 21 heavy (non-hydrogen) atoms. The van der Waals surface area contributed by atoms with Gasteiger partial charge in [-0.2, -0.15) is 0 Å². The Bertz CT molecular complexity index is 629. The maximum atomic E-state index is 11.0. The molecule has 6 heteroatoms. The van der Waals surface area contributed by atoms with Crippen LogP contribution in [0.15, 0.2) is 42.5 Å².